The van der Waals surface area contributed by atoms with Gasteiger partial charge in [0.2, 0.25) is 0 Å². The number of nitrogens with zero attached hydrogens (tertiary/aromatic N) is 1. The molecule has 0 heterocycles. The summed E-state index contributed by atoms with van der Waals surface area (Å²) >= 11 is -1.44. The number of hydrogen-bond acceptors (Lipinski definition) is 3. The Balaban J connectivity index is 0.000000550. The van der Waals surface area contributed by atoms with Gasteiger partial charge in [0.15, 0.2) is 5.96 Å². The molecule has 2 rings (SSSR count). The number of benzene rings is 2. The van der Waals surface area contributed by atoms with E-state index in [1.807, 2.05) is 60.7 Å². The standard InChI is InChI=1S/C13H13N3.Mn.2O/c14-13(15-11-7-3-1-4-8-11)16-12-9-5-2-6-10-12;;;/h1-10H,(H3,14,15,16);;;. The second kappa shape index (κ2) is 8.85. The second-order valence-corrected chi connectivity index (χ2v) is 3.58. The molecule has 5 nitrogen and oxygen atoms in total. The van der Waals surface area contributed by atoms with Gasteiger partial charge in [0, 0.05) is 5.69 Å². The molecular weight excluding hydrogens is 285 g/mol. The van der Waals surface area contributed by atoms with Crippen LogP contribution in [0.3, 0.4) is 0 Å². The average molecular weight is 298 g/mol. The minimum atomic E-state index is -1.44. The van der Waals surface area contributed by atoms with Crippen LogP contribution in [0.15, 0.2) is 65.7 Å². The molecule has 0 saturated carbocycles. The normalized spacial score (nSPS) is 10.0. The van der Waals surface area contributed by atoms with E-state index in [1.165, 1.54) is 0 Å². The number of guanidine groups is 1. The summed E-state index contributed by atoms with van der Waals surface area (Å²) in [6.07, 6.45) is 0. The molecule has 99 valence electrons. The van der Waals surface area contributed by atoms with Crippen LogP contribution in [0.2, 0.25) is 0 Å². The molecule has 0 aliphatic carbocycles. The number of nitrogens with two attached hydrogens (primary N) is 1. The van der Waals surface area contributed by atoms with E-state index in [0.29, 0.717) is 5.96 Å². The summed E-state index contributed by atoms with van der Waals surface area (Å²) in [7, 11) is 0. The number of anilines is 1. The van der Waals surface area contributed by atoms with Crippen LogP contribution in [0.5, 0.6) is 0 Å². The van der Waals surface area contributed by atoms with Crippen LogP contribution in [-0.4, -0.2) is 5.96 Å². The monoisotopic (exact) mass is 298 g/mol. The van der Waals surface area contributed by atoms with Gasteiger partial charge in [-0.25, -0.2) is 4.99 Å². The molecule has 2 aromatic rings. The molecule has 0 spiro atoms. The Bertz CT molecular complexity index is 553. The van der Waals surface area contributed by atoms with Crippen LogP contribution >= 0.6 is 0 Å². The molecule has 0 unspecified atom stereocenters. The Labute approximate surface area is 117 Å². The van der Waals surface area contributed by atoms with Gasteiger partial charge in [-0.1, -0.05) is 36.4 Å². The van der Waals surface area contributed by atoms with Crippen molar-refractivity contribution in [3.63, 3.8) is 0 Å². The van der Waals surface area contributed by atoms with Crippen molar-refractivity contribution in [3.05, 3.63) is 60.7 Å². The summed E-state index contributed by atoms with van der Waals surface area (Å²) in [6, 6.07) is 19.3. The van der Waals surface area contributed by atoms with Crippen molar-refractivity contribution in [1.29, 1.82) is 0 Å². The summed E-state index contributed by atoms with van der Waals surface area (Å²) < 4.78 is 16.8. The fourth-order valence-electron chi connectivity index (χ4n) is 1.34. The first kappa shape index (κ1) is 14.9. The summed E-state index contributed by atoms with van der Waals surface area (Å²) in [5.41, 5.74) is 7.54. The van der Waals surface area contributed by atoms with Gasteiger partial charge in [0.25, 0.3) is 0 Å². The fourth-order valence-corrected chi connectivity index (χ4v) is 1.34. The van der Waals surface area contributed by atoms with E-state index in [4.69, 9.17) is 13.4 Å². The first-order valence-electron chi connectivity index (χ1n) is 5.37. The van der Waals surface area contributed by atoms with Crippen molar-refractivity contribution in [2.24, 2.45) is 10.7 Å². The summed E-state index contributed by atoms with van der Waals surface area (Å²) in [4.78, 5) is 4.24. The van der Waals surface area contributed by atoms with E-state index in [1.54, 1.807) is 0 Å². The van der Waals surface area contributed by atoms with Gasteiger partial charge in [-0.15, -0.1) is 0 Å². The Morgan fingerprint density at radius 2 is 1.42 bits per heavy atom. The van der Waals surface area contributed by atoms with Crippen molar-refractivity contribution in [2.45, 2.75) is 0 Å². The van der Waals surface area contributed by atoms with Crippen molar-refractivity contribution < 1.29 is 22.5 Å². The van der Waals surface area contributed by atoms with E-state index in [2.05, 4.69) is 10.3 Å². The van der Waals surface area contributed by atoms with Crippen LogP contribution in [0.25, 0.3) is 0 Å². The second-order valence-electron chi connectivity index (χ2n) is 3.39. The molecule has 0 bridgehead atoms. The maximum atomic E-state index is 8.41. The van der Waals surface area contributed by atoms with Gasteiger partial charge >= 0.3 is 22.5 Å². The van der Waals surface area contributed by atoms with Crippen molar-refractivity contribution in [1.82, 2.24) is 0 Å². The summed E-state index contributed by atoms with van der Waals surface area (Å²) in [5, 5.41) is 3.02. The van der Waals surface area contributed by atoms with Crippen LogP contribution < -0.4 is 11.1 Å². The fraction of sp³-hybridized carbons (Fsp3) is 0. The van der Waals surface area contributed by atoms with Crippen LogP contribution in [0, 0.1) is 0 Å². The quantitative estimate of drug-likeness (QED) is 0.507. The molecule has 19 heavy (non-hydrogen) atoms. The molecule has 0 amide bonds. The maximum absolute atomic E-state index is 8.41. The molecule has 6 heteroatoms. The van der Waals surface area contributed by atoms with Gasteiger partial charge in [-0.2, -0.15) is 0 Å². The van der Waals surface area contributed by atoms with E-state index >= 15 is 0 Å². The molecule has 0 aromatic heterocycles. The molecule has 0 aliphatic heterocycles. The molecule has 0 aliphatic rings. The van der Waals surface area contributed by atoms with Crippen LogP contribution in [-0.2, 0) is 22.5 Å². The number of nitrogens with one attached hydrogen (secondary N) is 1. The zero-order valence-electron chi connectivity index (χ0n) is 9.99. The number of aliphatic imine (C=N–C) groups is 1. The van der Waals surface area contributed by atoms with E-state index in [-0.39, 0.29) is 0 Å². The van der Waals surface area contributed by atoms with Gasteiger partial charge in [-0.05, 0) is 24.3 Å². The van der Waals surface area contributed by atoms with Crippen molar-refractivity contribution >= 4 is 17.3 Å². The Morgan fingerprint density at radius 1 is 0.947 bits per heavy atom. The Hall–Kier alpha value is -2.17. The third-order valence-electron chi connectivity index (χ3n) is 2.05. The predicted molar refractivity (Wildman–Crippen MR) is 69.2 cm³/mol. The van der Waals surface area contributed by atoms with E-state index in [9.17, 15) is 0 Å². The zero-order valence-corrected chi connectivity index (χ0v) is 11.2. The van der Waals surface area contributed by atoms with Gasteiger partial charge in [-0.3, -0.25) is 0 Å². The first-order valence-corrected chi connectivity index (χ1v) is 6.33. The molecular formula is C13H13MnN3O2. The SMILES string of the molecule is NC(=Nc1ccccc1)Nc1ccccc1.[O]=[Mn]=[O]. The Morgan fingerprint density at radius 3 is 1.95 bits per heavy atom. The predicted octanol–water partition coefficient (Wildman–Crippen LogP) is 2.50. The zero-order chi connectivity index (χ0) is 13.9. The Kier molecular flexibility index (Phi) is 6.94. The number of hydrogen-bond donors (Lipinski definition) is 2. The van der Waals surface area contributed by atoms with Gasteiger partial charge < -0.3 is 11.1 Å². The third-order valence-corrected chi connectivity index (χ3v) is 2.05. The number of rotatable bonds is 2. The van der Waals surface area contributed by atoms with E-state index < -0.39 is 14.8 Å². The van der Waals surface area contributed by atoms with Crippen LogP contribution in [0.4, 0.5) is 11.4 Å². The van der Waals surface area contributed by atoms with Crippen molar-refractivity contribution in [2.75, 3.05) is 5.32 Å². The van der Waals surface area contributed by atoms with Crippen LogP contribution in [0.1, 0.15) is 0 Å². The van der Waals surface area contributed by atoms with Gasteiger partial charge in [0.1, 0.15) is 0 Å². The van der Waals surface area contributed by atoms with E-state index in [0.717, 1.165) is 11.4 Å². The molecule has 0 atom stereocenters. The molecule has 0 fully saturated rings. The minimum absolute atomic E-state index is 0.386. The molecule has 2 aromatic carbocycles. The molecule has 0 saturated heterocycles. The topological polar surface area (TPSA) is 84.5 Å². The van der Waals surface area contributed by atoms with Crippen molar-refractivity contribution in [3.8, 4) is 0 Å². The first-order chi connectivity index (χ1) is 9.26. The number of para-hydroxylation sites is 2. The third kappa shape index (κ3) is 6.35. The average Bonchev–Trinajstić information content (AvgIpc) is 2.41. The molecule has 3 N–H and O–H groups in total. The summed E-state index contributed by atoms with van der Waals surface area (Å²) in [5.74, 6) is 0.386. The molecule has 0 radical (unpaired) electrons. The summed E-state index contributed by atoms with van der Waals surface area (Å²) in [6.45, 7) is 0. The van der Waals surface area contributed by atoms with Gasteiger partial charge in [0.05, 0.1) is 5.69 Å².